The molecule has 2 aromatic carbocycles. The molecule has 0 radical (unpaired) electrons. The Balaban J connectivity index is 1.64. The van der Waals surface area contributed by atoms with Gasteiger partial charge in [0.25, 0.3) is 0 Å². The fourth-order valence-electron chi connectivity index (χ4n) is 3.52. The predicted molar refractivity (Wildman–Crippen MR) is 117 cm³/mol. The van der Waals surface area contributed by atoms with E-state index < -0.39 is 0 Å². The Kier molecular flexibility index (Phi) is 5.68. The molecular formula is C23H24ClN3O3. The number of pyridine rings is 1. The number of ether oxygens (including phenoxy) is 2. The number of amides is 2. The zero-order valence-electron chi connectivity index (χ0n) is 17.3. The lowest BCUT2D eigenvalue weighted by Crippen LogP contribution is -2.38. The zero-order valence-corrected chi connectivity index (χ0v) is 18.1. The van der Waals surface area contributed by atoms with E-state index in [0.717, 1.165) is 34.2 Å². The van der Waals surface area contributed by atoms with E-state index in [0.29, 0.717) is 24.0 Å². The van der Waals surface area contributed by atoms with Gasteiger partial charge in [0.1, 0.15) is 5.15 Å². The number of carbonyl (C=O) groups excluding carboxylic acids is 1. The van der Waals surface area contributed by atoms with E-state index in [1.54, 1.807) is 23.9 Å². The normalized spacial score (nSPS) is 12.3. The molecule has 7 heteroatoms. The number of halogens is 1. The van der Waals surface area contributed by atoms with E-state index in [9.17, 15) is 4.79 Å². The summed E-state index contributed by atoms with van der Waals surface area (Å²) in [7, 11) is 3.48. The van der Waals surface area contributed by atoms with Crippen molar-refractivity contribution in [2.24, 2.45) is 0 Å². The minimum absolute atomic E-state index is 0.105. The minimum Gasteiger partial charge on any atom is -0.454 e. The molecule has 2 amide bonds. The van der Waals surface area contributed by atoms with E-state index in [2.05, 4.69) is 24.0 Å². The lowest BCUT2D eigenvalue weighted by Gasteiger charge is -2.27. The van der Waals surface area contributed by atoms with Gasteiger partial charge in [-0.1, -0.05) is 30.7 Å². The number of rotatable bonds is 5. The van der Waals surface area contributed by atoms with Gasteiger partial charge in [0, 0.05) is 31.6 Å². The number of carbonyl (C=O) groups is 1. The van der Waals surface area contributed by atoms with Crippen molar-refractivity contribution in [1.29, 1.82) is 0 Å². The Labute approximate surface area is 181 Å². The zero-order chi connectivity index (χ0) is 21.3. The summed E-state index contributed by atoms with van der Waals surface area (Å²) in [5, 5.41) is 1.43. The number of hydrogen-bond donors (Lipinski definition) is 0. The van der Waals surface area contributed by atoms with Gasteiger partial charge in [0.05, 0.1) is 12.1 Å². The molecule has 1 aliphatic rings. The third-order valence-electron chi connectivity index (χ3n) is 5.14. The van der Waals surface area contributed by atoms with E-state index >= 15 is 0 Å². The molecule has 0 unspecified atom stereocenters. The standard InChI is InChI=1S/C23H24ClN3O3/c1-4-15-5-7-19-17(9-15)11-18(22(24)25-19)13-27(23(28)26(2)3)12-16-6-8-20-21(10-16)30-14-29-20/h5-11H,4,12-14H2,1-3H3. The molecule has 1 aliphatic heterocycles. The molecule has 0 saturated heterocycles. The van der Waals surface area contributed by atoms with Crippen LogP contribution < -0.4 is 9.47 Å². The molecule has 3 aromatic rings. The van der Waals surface area contributed by atoms with Crippen LogP contribution in [0.15, 0.2) is 42.5 Å². The van der Waals surface area contributed by atoms with Crippen molar-refractivity contribution >= 4 is 28.5 Å². The molecule has 30 heavy (non-hydrogen) atoms. The second-order valence-corrected chi connectivity index (χ2v) is 7.90. The van der Waals surface area contributed by atoms with Crippen LogP contribution >= 0.6 is 11.6 Å². The summed E-state index contributed by atoms with van der Waals surface area (Å²) in [6.45, 7) is 3.10. The summed E-state index contributed by atoms with van der Waals surface area (Å²) in [4.78, 5) is 20.7. The largest absolute Gasteiger partial charge is 0.454 e. The van der Waals surface area contributed by atoms with E-state index in [1.165, 1.54) is 5.56 Å². The fraction of sp³-hybridized carbons (Fsp3) is 0.304. The van der Waals surface area contributed by atoms with Crippen molar-refractivity contribution in [2.45, 2.75) is 26.4 Å². The molecule has 156 valence electrons. The Morgan fingerprint density at radius 3 is 2.57 bits per heavy atom. The predicted octanol–water partition coefficient (Wildman–Crippen LogP) is 4.86. The third kappa shape index (κ3) is 4.14. The van der Waals surface area contributed by atoms with Crippen LogP contribution in [-0.4, -0.2) is 41.7 Å². The maximum atomic E-state index is 12.9. The fourth-order valence-corrected chi connectivity index (χ4v) is 3.72. The first kappa shape index (κ1) is 20.3. The molecule has 2 heterocycles. The Morgan fingerprint density at radius 2 is 1.80 bits per heavy atom. The lowest BCUT2D eigenvalue weighted by molar-refractivity contribution is 0.165. The highest BCUT2D eigenvalue weighted by molar-refractivity contribution is 6.30. The molecule has 0 N–H and O–H groups in total. The van der Waals surface area contributed by atoms with Crippen molar-refractivity contribution in [3.05, 3.63) is 64.3 Å². The molecular weight excluding hydrogens is 402 g/mol. The third-order valence-corrected chi connectivity index (χ3v) is 5.47. The van der Waals surface area contributed by atoms with Crippen molar-refractivity contribution in [3.63, 3.8) is 0 Å². The summed E-state index contributed by atoms with van der Waals surface area (Å²) in [5.74, 6) is 1.42. The average Bonchev–Trinajstić information content (AvgIpc) is 3.20. The molecule has 0 bridgehead atoms. The van der Waals surface area contributed by atoms with Gasteiger partial charge in [0.15, 0.2) is 11.5 Å². The van der Waals surface area contributed by atoms with Crippen LogP contribution in [0.5, 0.6) is 11.5 Å². The molecule has 0 aliphatic carbocycles. The van der Waals surface area contributed by atoms with Gasteiger partial charge in [-0.25, -0.2) is 9.78 Å². The number of benzene rings is 2. The monoisotopic (exact) mass is 425 g/mol. The van der Waals surface area contributed by atoms with Gasteiger partial charge in [0.2, 0.25) is 6.79 Å². The van der Waals surface area contributed by atoms with Gasteiger partial charge < -0.3 is 19.3 Å². The van der Waals surface area contributed by atoms with Crippen LogP contribution in [0, 0.1) is 0 Å². The molecule has 0 spiro atoms. The first-order chi connectivity index (χ1) is 14.4. The molecule has 0 fully saturated rings. The Morgan fingerprint density at radius 1 is 1.03 bits per heavy atom. The molecule has 6 nitrogen and oxygen atoms in total. The van der Waals surface area contributed by atoms with E-state index in [1.807, 2.05) is 30.3 Å². The highest BCUT2D eigenvalue weighted by Gasteiger charge is 2.20. The summed E-state index contributed by atoms with van der Waals surface area (Å²) >= 11 is 6.49. The quantitative estimate of drug-likeness (QED) is 0.547. The second kappa shape index (κ2) is 8.40. The van der Waals surface area contributed by atoms with Crippen molar-refractivity contribution in [1.82, 2.24) is 14.8 Å². The maximum Gasteiger partial charge on any atom is 0.320 e. The van der Waals surface area contributed by atoms with Gasteiger partial charge in [-0.15, -0.1) is 0 Å². The lowest BCUT2D eigenvalue weighted by atomic mass is 10.1. The molecule has 0 saturated carbocycles. The van der Waals surface area contributed by atoms with Crippen LogP contribution in [0.3, 0.4) is 0 Å². The van der Waals surface area contributed by atoms with Gasteiger partial charge >= 0.3 is 6.03 Å². The van der Waals surface area contributed by atoms with Crippen molar-refractivity contribution in [3.8, 4) is 11.5 Å². The highest BCUT2D eigenvalue weighted by Crippen LogP contribution is 2.33. The smallest absolute Gasteiger partial charge is 0.320 e. The first-order valence-electron chi connectivity index (χ1n) is 9.87. The number of aromatic nitrogens is 1. The summed E-state index contributed by atoms with van der Waals surface area (Å²) in [6, 6.07) is 13.8. The summed E-state index contributed by atoms with van der Waals surface area (Å²) in [6.07, 6.45) is 0.948. The van der Waals surface area contributed by atoms with E-state index in [4.69, 9.17) is 21.1 Å². The number of hydrogen-bond acceptors (Lipinski definition) is 4. The Hall–Kier alpha value is -2.99. The van der Waals surface area contributed by atoms with Crippen molar-refractivity contribution < 1.29 is 14.3 Å². The van der Waals surface area contributed by atoms with Gasteiger partial charge in [-0.2, -0.15) is 0 Å². The summed E-state index contributed by atoms with van der Waals surface area (Å²) in [5.41, 5.74) is 3.85. The number of urea groups is 1. The SMILES string of the molecule is CCc1ccc2nc(Cl)c(CN(Cc3ccc4c(c3)OCO4)C(=O)N(C)C)cc2c1. The first-order valence-corrected chi connectivity index (χ1v) is 10.2. The van der Waals surface area contributed by atoms with E-state index in [-0.39, 0.29) is 12.8 Å². The number of aryl methyl sites for hydroxylation is 1. The van der Waals surface area contributed by atoms with Crippen molar-refractivity contribution in [2.75, 3.05) is 20.9 Å². The van der Waals surface area contributed by atoms with Crippen LogP contribution in [0.1, 0.15) is 23.6 Å². The molecule has 1 aromatic heterocycles. The van der Waals surface area contributed by atoms with Gasteiger partial charge in [-0.05, 0) is 47.9 Å². The second-order valence-electron chi connectivity index (χ2n) is 7.54. The molecule has 0 atom stereocenters. The highest BCUT2D eigenvalue weighted by atomic mass is 35.5. The number of fused-ring (bicyclic) bond motifs is 2. The topological polar surface area (TPSA) is 54.9 Å². The summed E-state index contributed by atoms with van der Waals surface area (Å²) < 4.78 is 10.8. The minimum atomic E-state index is -0.105. The van der Waals surface area contributed by atoms with Crippen LogP contribution in [0.25, 0.3) is 10.9 Å². The Bertz CT molecular complexity index is 1100. The molecule has 4 rings (SSSR count). The maximum absolute atomic E-state index is 12.9. The van der Waals surface area contributed by atoms with Crippen LogP contribution in [0.2, 0.25) is 5.15 Å². The van der Waals surface area contributed by atoms with Crippen LogP contribution in [-0.2, 0) is 19.5 Å². The van der Waals surface area contributed by atoms with Crippen LogP contribution in [0.4, 0.5) is 4.79 Å². The average molecular weight is 426 g/mol. The number of nitrogens with zero attached hydrogens (tertiary/aromatic N) is 3. The van der Waals surface area contributed by atoms with Gasteiger partial charge in [-0.3, -0.25) is 0 Å².